The first kappa shape index (κ1) is 21.5. The van der Waals surface area contributed by atoms with E-state index in [1.54, 1.807) is 13.8 Å². The Morgan fingerprint density at radius 3 is 2.64 bits per heavy atom. The van der Waals surface area contributed by atoms with E-state index in [-0.39, 0.29) is 46.0 Å². The third-order valence-corrected chi connectivity index (χ3v) is 8.57. The molecule has 3 rings (SSSR count). The minimum absolute atomic E-state index is 0.0737. The van der Waals surface area contributed by atoms with Crippen molar-refractivity contribution >= 4 is 41.3 Å². The van der Waals surface area contributed by atoms with Gasteiger partial charge in [0, 0.05) is 34.4 Å². The highest BCUT2D eigenvalue weighted by Crippen LogP contribution is 2.51. The van der Waals surface area contributed by atoms with Gasteiger partial charge in [-0.2, -0.15) is 0 Å². The maximum absolute atomic E-state index is 12.4. The van der Waals surface area contributed by atoms with E-state index in [2.05, 4.69) is 5.32 Å². The van der Waals surface area contributed by atoms with Crippen LogP contribution in [0.2, 0.25) is 0 Å². The molecule has 2 amide bonds. The van der Waals surface area contributed by atoms with Crippen molar-refractivity contribution in [2.24, 2.45) is 17.6 Å². The van der Waals surface area contributed by atoms with Crippen molar-refractivity contribution in [2.75, 3.05) is 12.3 Å². The largest absolute Gasteiger partial charge is 0.477 e. The summed E-state index contributed by atoms with van der Waals surface area (Å²) in [6.07, 6.45) is 0.0578. The van der Waals surface area contributed by atoms with E-state index in [4.69, 9.17) is 5.73 Å². The fourth-order valence-corrected chi connectivity index (χ4v) is 6.66. The average molecular weight is 430 g/mol. The van der Waals surface area contributed by atoms with Gasteiger partial charge in [0.15, 0.2) is 0 Å². The Kier molecular flexibility index (Phi) is 6.33. The van der Waals surface area contributed by atoms with E-state index >= 15 is 0 Å². The molecule has 0 bridgehead atoms. The van der Waals surface area contributed by atoms with E-state index in [1.807, 2.05) is 6.92 Å². The van der Waals surface area contributed by atoms with Gasteiger partial charge < -0.3 is 26.2 Å². The third kappa shape index (κ3) is 3.79. The van der Waals surface area contributed by atoms with E-state index < -0.39 is 18.0 Å². The number of β-lactam (4-membered cyclic amide) rings is 1. The quantitative estimate of drug-likeness (QED) is 0.403. The van der Waals surface area contributed by atoms with Crippen molar-refractivity contribution in [2.45, 2.75) is 55.9 Å². The van der Waals surface area contributed by atoms with Crippen LogP contribution in [0.15, 0.2) is 10.6 Å². The molecule has 3 heterocycles. The number of amides is 2. The van der Waals surface area contributed by atoms with Crippen LogP contribution >= 0.6 is 23.5 Å². The number of fused-ring (bicyclic) bond motifs is 1. The molecule has 7 atom stereocenters. The van der Waals surface area contributed by atoms with Gasteiger partial charge in [0.2, 0.25) is 11.8 Å². The normalized spacial score (nSPS) is 34.2. The molecule has 0 radical (unpaired) electrons. The Labute approximate surface area is 172 Å². The molecular formula is C18H27N3O5S2. The lowest BCUT2D eigenvalue weighted by molar-refractivity contribution is -0.163. The van der Waals surface area contributed by atoms with Crippen molar-refractivity contribution in [3.63, 3.8) is 0 Å². The Morgan fingerprint density at radius 1 is 1.39 bits per heavy atom. The molecule has 0 aromatic rings. The van der Waals surface area contributed by atoms with Crippen LogP contribution in [0.5, 0.6) is 0 Å². The molecule has 0 saturated carbocycles. The van der Waals surface area contributed by atoms with Gasteiger partial charge in [0.05, 0.1) is 23.3 Å². The molecule has 0 aromatic heterocycles. The van der Waals surface area contributed by atoms with Crippen molar-refractivity contribution in [3.8, 4) is 0 Å². The fourth-order valence-electron chi connectivity index (χ4n) is 4.20. The van der Waals surface area contributed by atoms with E-state index in [0.29, 0.717) is 0 Å². The van der Waals surface area contributed by atoms with Crippen LogP contribution in [0.4, 0.5) is 0 Å². The van der Waals surface area contributed by atoms with Gasteiger partial charge in [-0.1, -0.05) is 6.92 Å². The number of nitrogens with zero attached hydrogens (tertiary/aromatic N) is 1. The number of carboxylic acid groups (broad SMARTS) is 1. The van der Waals surface area contributed by atoms with Crippen LogP contribution in [-0.2, 0) is 14.4 Å². The Morgan fingerprint density at radius 2 is 2.07 bits per heavy atom. The van der Waals surface area contributed by atoms with Gasteiger partial charge in [-0.25, -0.2) is 4.79 Å². The Balaban J connectivity index is 1.66. The number of aliphatic carboxylic acids is 1. The number of carbonyl (C=O) groups excluding carboxylic acids is 2. The first-order chi connectivity index (χ1) is 13.1. The molecule has 3 aliphatic rings. The number of rotatable bonds is 8. The molecule has 156 valence electrons. The lowest BCUT2D eigenvalue weighted by Gasteiger charge is -2.46. The molecule has 5 N–H and O–H groups in total. The summed E-state index contributed by atoms with van der Waals surface area (Å²) in [6.45, 7) is 6.04. The van der Waals surface area contributed by atoms with E-state index in [0.717, 1.165) is 23.6 Å². The second kappa shape index (κ2) is 8.25. The summed E-state index contributed by atoms with van der Waals surface area (Å²) in [7, 11) is 0. The SMILES string of the molecule is CC(SC[C@@H]1C[C@H](SC2=C(C(=O)O)N3C(=O)[C@H]([C@@H](C)O)[C@H]3[C@H]2C)CN1)C(N)=O. The number of thioether (sulfide) groups is 2. The zero-order valence-electron chi connectivity index (χ0n) is 16.1. The molecule has 1 unspecified atom stereocenters. The lowest BCUT2D eigenvalue weighted by atomic mass is 9.79. The number of carboxylic acids is 1. The van der Waals surface area contributed by atoms with E-state index in [1.165, 1.54) is 28.4 Å². The molecule has 2 saturated heterocycles. The number of aliphatic hydroxyl groups excluding tert-OH is 1. The average Bonchev–Trinajstić information content (AvgIpc) is 3.14. The van der Waals surface area contributed by atoms with Gasteiger partial charge in [-0.05, 0) is 20.3 Å². The zero-order chi connectivity index (χ0) is 20.7. The molecule has 28 heavy (non-hydrogen) atoms. The molecule has 8 nitrogen and oxygen atoms in total. The number of nitrogens with one attached hydrogen (secondary N) is 1. The Hall–Kier alpha value is -1.23. The molecule has 0 aliphatic carbocycles. The minimum atomic E-state index is -1.09. The standard InChI is InChI=1S/C18H27N3O5S2/c1-7-13-12(8(2)22)17(24)21(13)14(18(25)26)15(7)28-11-4-10(20-5-11)6-27-9(3)16(19)23/h7-13,20,22H,4-6H2,1-3H3,(H2,19,23)(H,25,26)/t7-,8-,9?,10+,11+,12-,13-/m1/s1. The highest BCUT2D eigenvalue weighted by Gasteiger charge is 2.60. The number of carbonyl (C=O) groups is 3. The molecule has 3 aliphatic heterocycles. The van der Waals surface area contributed by atoms with Crippen LogP contribution in [0.25, 0.3) is 0 Å². The summed E-state index contributed by atoms with van der Waals surface area (Å²) >= 11 is 3.04. The topological polar surface area (TPSA) is 133 Å². The van der Waals surface area contributed by atoms with Crippen LogP contribution in [-0.4, -0.2) is 73.9 Å². The number of hydrogen-bond acceptors (Lipinski definition) is 7. The van der Waals surface area contributed by atoms with Gasteiger partial charge >= 0.3 is 5.97 Å². The molecule has 0 aromatic carbocycles. The van der Waals surface area contributed by atoms with Crippen LogP contribution < -0.4 is 11.1 Å². The number of aliphatic hydroxyl groups is 1. The summed E-state index contributed by atoms with van der Waals surface area (Å²) in [5.41, 5.74) is 5.37. The minimum Gasteiger partial charge on any atom is -0.477 e. The molecular weight excluding hydrogens is 402 g/mol. The van der Waals surface area contributed by atoms with Gasteiger partial charge in [0.1, 0.15) is 5.70 Å². The predicted octanol–water partition coefficient (Wildman–Crippen LogP) is 0.211. The highest BCUT2D eigenvalue weighted by molar-refractivity contribution is 8.03. The highest BCUT2D eigenvalue weighted by atomic mass is 32.2. The van der Waals surface area contributed by atoms with Gasteiger partial charge in [0.25, 0.3) is 0 Å². The second-order valence-corrected chi connectivity index (χ2v) is 10.4. The lowest BCUT2D eigenvalue weighted by Crippen LogP contribution is -2.63. The Bertz CT molecular complexity index is 713. The first-order valence-electron chi connectivity index (χ1n) is 9.43. The van der Waals surface area contributed by atoms with Gasteiger partial charge in [-0.15, -0.1) is 23.5 Å². The van der Waals surface area contributed by atoms with Crippen molar-refractivity contribution in [1.29, 1.82) is 0 Å². The molecule has 2 fully saturated rings. The zero-order valence-corrected chi connectivity index (χ0v) is 17.8. The summed E-state index contributed by atoms with van der Waals surface area (Å²) in [6, 6.07) is -0.0445. The summed E-state index contributed by atoms with van der Waals surface area (Å²) in [4.78, 5) is 37.5. The van der Waals surface area contributed by atoms with E-state index in [9.17, 15) is 24.6 Å². The van der Waals surface area contributed by atoms with Crippen LogP contribution in [0.3, 0.4) is 0 Å². The maximum atomic E-state index is 12.4. The smallest absolute Gasteiger partial charge is 0.353 e. The van der Waals surface area contributed by atoms with Crippen LogP contribution in [0.1, 0.15) is 27.2 Å². The number of primary amides is 1. The van der Waals surface area contributed by atoms with Crippen LogP contribution in [0, 0.1) is 11.8 Å². The maximum Gasteiger partial charge on any atom is 0.353 e. The third-order valence-electron chi connectivity index (χ3n) is 5.73. The predicted molar refractivity (Wildman–Crippen MR) is 109 cm³/mol. The molecule has 0 spiro atoms. The van der Waals surface area contributed by atoms with Crippen molar-refractivity contribution < 1.29 is 24.6 Å². The summed E-state index contributed by atoms with van der Waals surface area (Å²) in [5.74, 6) is -1.62. The van der Waals surface area contributed by atoms with Gasteiger partial charge in [-0.3, -0.25) is 9.59 Å². The molecule has 10 heteroatoms. The fraction of sp³-hybridized carbons (Fsp3) is 0.722. The number of hydrogen-bond donors (Lipinski definition) is 4. The van der Waals surface area contributed by atoms with Crippen molar-refractivity contribution in [3.05, 3.63) is 10.6 Å². The summed E-state index contributed by atoms with van der Waals surface area (Å²) < 4.78 is 0. The number of nitrogens with two attached hydrogens (primary N) is 1. The monoisotopic (exact) mass is 429 g/mol. The second-order valence-electron chi connectivity index (χ2n) is 7.73. The first-order valence-corrected chi connectivity index (χ1v) is 11.4. The van der Waals surface area contributed by atoms with Crippen molar-refractivity contribution in [1.82, 2.24) is 10.2 Å². The summed E-state index contributed by atoms with van der Waals surface area (Å²) in [5, 5.41) is 23.0.